The Bertz CT molecular complexity index is 788. The van der Waals surface area contributed by atoms with Crippen LogP contribution in [-0.2, 0) is 27.9 Å². The maximum absolute atomic E-state index is 12.6. The molecule has 2 rings (SSSR count). The van der Waals surface area contributed by atoms with Crippen molar-refractivity contribution in [1.29, 1.82) is 0 Å². The maximum atomic E-state index is 12.6. The molecule has 1 aromatic heterocycles. The number of nitrogens with zero attached hydrogens (tertiary/aromatic N) is 3. The third-order valence-corrected chi connectivity index (χ3v) is 3.82. The summed E-state index contributed by atoms with van der Waals surface area (Å²) in [5, 5.41) is 0. The highest BCUT2D eigenvalue weighted by Gasteiger charge is 2.22. The van der Waals surface area contributed by atoms with Gasteiger partial charge in [-0.2, -0.15) is 0 Å². The van der Waals surface area contributed by atoms with Crippen molar-refractivity contribution in [3.05, 3.63) is 34.7 Å². The first-order valence-electron chi connectivity index (χ1n) is 7.37. The van der Waals surface area contributed by atoms with Crippen molar-refractivity contribution < 1.29 is 14.3 Å². The first-order chi connectivity index (χ1) is 10.9. The molecule has 0 aliphatic carbocycles. The molecule has 0 fully saturated rings. The number of methoxy groups -OCH3 is 1. The van der Waals surface area contributed by atoms with Gasteiger partial charge in [-0.1, -0.05) is 12.1 Å². The number of hydrogen-bond acceptors (Lipinski definition) is 4. The van der Waals surface area contributed by atoms with Gasteiger partial charge in [0.2, 0.25) is 5.91 Å². The summed E-state index contributed by atoms with van der Waals surface area (Å²) in [4.78, 5) is 37.8. The van der Waals surface area contributed by atoms with Crippen LogP contribution >= 0.6 is 0 Å². The van der Waals surface area contributed by atoms with E-state index in [2.05, 4.69) is 4.74 Å². The van der Waals surface area contributed by atoms with Gasteiger partial charge in [0, 0.05) is 13.1 Å². The number of fused-ring (bicyclic) bond motifs is 1. The van der Waals surface area contributed by atoms with E-state index < -0.39 is 5.97 Å². The average Bonchev–Trinajstić information content (AvgIpc) is 2.77. The zero-order valence-corrected chi connectivity index (χ0v) is 13.8. The van der Waals surface area contributed by atoms with Gasteiger partial charge in [0.15, 0.2) is 0 Å². The van der Waals surface area contributed by atoms with E-state index in [1.165, 1.54) is 21.1 Å². The van der Waals surface area contributed by atoms with Crippen LogP contribution in [0.15, 0.2) is 29.1 Å². The van der Waals surface area contributed by atoms with Crippen LogP contribution in [-0.4, -0.2) is 45.6 Å². The fourth-order valence-electron chi connectivity index (χ4n) is 2.50. The Morgan fingerprint density at radius 3 is 2.39 bits per heavy atom. The Balaban J connectivity index is 2.34. The lowest BCUT2D eigenvalue weighted by atomic mass is 10.3. The minimum absolute atomic E-state index is 0.116. The summed E-state index contributed by atoms with van der Waals surface area (Å²) >= 11 is 0. The first-order valence-corrected chi connectivity index (χ1v) is 7.37. The fourth-order valence-corrected chi connectivity index (χ4v) is 2.50. The Kier molecular flexibility index (Phi) is 4.88. The van der Waals surface area contributed by atoms with Crippen molar-refractivity contribution in [2.45, 2.75) is 26.4 Å². The van der Waals surface area contributed by atoms with Crippen LogP contribution in [0.5, 0.6) is 0 Å². The molecule has 0 atom stereocenters. The third-order valence-electron chi connectivity index (χ3n) is 3.82. The molecule has 0 radical (unpaired) electrons. The fraction of sp³-hybridized carbons (Fsp3) is 0.438. The Morgan fingerprint density at radius 2 is 1.83 bits per heavy atom. The van der Waals surface area contributed by atoms with Crippen LogP contribution in [0.4, 0.5) is 0 Å². The van der Waals surface area contributed by atoms with Crippen LogP contribution < -0.4 is 5.69 Å². The summed E-state index contributed by atoms with van der Waals surface area (Å²) in [5.74, 6) is -0.791. The lowest BCUT2D eigenvalue weighted by Crippen LogP contribution is -2.43. The van der Waals surface area contributed by atoms with E-state index in [0.717, 1.165) is 5.52 Å². The lowest BCUT2D eigenvalue weighted by molar-refractivity contribution is -0.148. The molecule has 2 aromatic rings. The van der Waals surface area contributed by atoms with Gasteiger partial charge in [0.25, 0.3) is 0 Å². The van der Waals surface area contributed by atoms with Crippen LogP contribution in [0.25, 0.3) is 11.0 Å². The average molecular weight is 319 g/mol. The monoisotopic (exact) mass is 319 g/mol. The van der Waals surface area contributed by atoms with E-state index >= 15 is 0 Å². The second kappa shape index (κ2) is 6.68. The van der Waals surface area contributed by atoms with E-state index in [1.807, 2.05) is 32.0 Å². The van der Waals surface area contributed by atoms with Gasteiger partial charge in [0.1, 0.15) is 13.1 Å². The predicted octanol–water partition coefficient (Wildman–Crippen LogP) is 0.750. The van der Waals surface area contributed by atoms with Crippen molar-refractivity contribution in [1.82, 2.24) is 14.0 Å². The maximum Gasteiger partial charge on any atom is 0.329 e. The highest BCUT2D eigenvalue weighted by molar-refractivity contribution is 5.84. The van der Waals surface area contributed by atoms with Crippen LogP contribution in [0.3, 0.4) is 0 Å². The van der Waals surface area contributed by atoms with Gasteiger partial charge < -0.3 is 9.64 Å². The number of aromatic nitrogens is 2. The number of benzene rings is 1. The summed E-state index contributed by atoms with van der Waals surface area (Å²) in [6.07, 6.45) is 0. The summed E-state index contributed by atoms with van der Waals surface area (Å²) in [6, 6.07) is 7.10. The number of ether oxygens (including phenoxy) is 1. The number of carbonyl (C=O) groups is 2. The lowest BCUT2D eigenvalue weighted by Gasteiger charge is -2.25. The smallest absolute Gasteiger partial charge is 0.329 e. The molecule has 23 heavy (non-hydrogen) atoms. The molecule has 1 aromatic carbocycles. The zero-order chi connectivity index (χ0) is 17.1. The van der Waals surface area contributed by atoms with Gasteiger partial charge >= 0.3 is 11.7 Å². The topological polar surface area (TPSA) is 73.5 Å². The molecule has 124 valence electrons. The van der Waals surface area contributed by atoms with Crippen molar-refractivity contribution in [3.8, 4) is 0 Å². The van der Waals surface area contributed by atoms with Crippen molar-refractivity contribution in [3.63, 3.8) is 0 Å². The van der Waals surface area contributed by atoms with Crippen LogP contribution in [0.1, 0.15) is 13.8 Å². The number of amides is 1. The number of carbonyl (C=O) groups excluding carboxylic acids is 2. The molecule has 0 unspecified atom stereocenters. The second-order valence-corrected chi connectivity index (χ2v) is 5.61. The third kappa shape index (κ3) is 3.28. The van der Waals surface area contributed by atoms with E-state index in [4.69, 9.17) is 0 Å². The van der Waals surface area contributed by atoms with Crippen molar-refractivity contribution >= 4 is 22.9 Å². The molecule has 1 amide bonds. The zero-order valence-electron chi connectivity index (χ0n) is 13.8. The SMILES string of the molecule is COC(=O)CN(C(=O)Cn1c(=O)n(C)c2ccccc21)C(C)C. The minimum atomic E-state index is -0.489. The summed E-state index contributed by atoms with van der Waals surface area (Å²) in [6.45, 7) is 3.38. The predicted molar refractivity (Wildman–Crippen MR) is 86.0 cm³/mol. The quantitative estimate of drug-likeness (QED) is 0.762. The van der Waals surface area contributed by atoms with Crippen molar-refractivity contribution in [2.24, 2.45) is 7.05 Å². The summed E-state index contributed by atoms with van der Waals surface area (Å²) < 4.78 is 7.55. The number of hydrogen-bond donors (Lipinski definition) is 0. The van der Waals surface area contributed by atoms with Gasteiger partial charge in [-0.25, -0.2) is 4.79 Å². The molecular weight excluding hydrogens is 298 g/mol. The number of esters is 1. The molecule has 0 aliphatic rings. The van der Waals surface area contributed by atoms with Crippen LogP contribution in [0, 0.1) is 0 Å². The largest absolute Gasteiger partial charge is 0.468 e. The standard InChI is InChI=1S/C16H21N3O4/c1-11(2)18(10-15(21)23-4)14(20)9-19-13-8-6-5-7-12(13)17(3)16(19)22/h5-8,11H,9-10H2,1-4H3. The molecule has 1 heterocycles. The molecule has 0 saturated carbocycles. The molecular formula is C16H21N3O4. The summed E-state index contributed by atoms with van der Waals surface area (Å²) in [5.41, 5.74) is 1.19. The molecule has 0 bridgehead atoms. The molecule has 7 nitrogen and oxygen atoms in total. The highest BCUT2D eigenvalue weighted by atomic mass is 16.5. The number of rotatable bonds is 5. The van der Waals surface area contributed by atoms with Crippen molar-refractivity contribution in [2.75, 3.05) is 13.7 Å². The number of imidazole rings is 1. The Hall–Kier alpha value is -2.57. The number of aryl methyl sites for hydroxylation is 1. The first kappa shape index (κ1) is 16.8. The van der Waals surface area contributed by atoms with E-state index in [9.17, 15) is 14.4 Å². The van der Waals surface area contributed by atoms with Gasteiger partial charge in [-0.05, 0) is 26.0 Å². The Morgan fingerprint density at radius 1 is 1.22 bits per heavy atom. The van der Waals surface area contributed by atoms with Crippen LogP contribution in [0.2, 0.25) is 0 Å². The van der Waals surface area contributed by atoms with Gasteiger partial charge in [0.05, 0.1) is 18.1 Å². The molecule has 0 saturated heterocycles. The van der Waals surface area contributed by atoms with Gasteiger partial charge in [-0.3, -0.25) is 18.7 Å². The second-order valence-electron chi connectivity index (χ2n) is 5.61. The molecule has 0 N–H and O–H groups in total. The van der Waals surface area contributed by atoms with E-state index in [1.54, 1.807) is 13.1 Å². The summed E-state index contributed by atoms with van der Waals surface area (Å²) in [7, 11) is 2.95. The minimum Gasteiger partial charge on any atom is -0.468 e. The normalized spacial score (nSPS) is 11.0. The van der Waals surface area contributed by atoms with E-state index in [-0.39, 0.29) is 30.7 Å². The van der Waals surface area contributed by atoms with E-state index in [0.29, 0.717) is 5.52 Å². The highest BCUT2D eigenvalue weighted by Crippen LogP contribution is 2.12. The molecule has 7 heteroatoms. The Labute approximate surface area is 134 Å². The molecule has 0 spiro atoms. The van der Waals surface area contributed by atoms with Gasteiger partial charge in [-0.15, -0.1) is 0 Å². The number of para-hydroxylation sites is 2. The molecule has 0 aliphatic heterocycles.